The lowest BCUT2D eigenvalue weighted by Gasteiger charge is -2.42. The monoisotopic (exact) mass is 208 g/mol. The average molecular weight is 208 g/mol. The van der Waals surface area contributed by atoms with E-state index >= 15 is 0 Å². The normalized spacial score (nSPS) is 32.4. The number of hydrogen-bond donors (Lipinski definition) is 0. The second kappa shape index (κ2) is 3.08. The number of hydrogen-bond acceptors (Lipinski definition) is 2. The molecule has 15 heavy (non-hydrogen) atoms. The molecule has 0 amide bonds. The Hall–Kier alpha value is -0.340. The fraction of sp³-hybridized carbons (Fsp3) is 0.846. The topological polar surface area (TPSA) is 18.5 Å². The highest BCUT2D eigenvalue weighted by atomic mass is 16.7. The standard InChI is InChI=1S/C13H20O2/c1-12(2)8-10-4-3-5-11(10)13(9-12)14-6-7-15-13/h3-9H2,1-2H3. The van der Waals surface area contributed by atoms with Crippen LogP contribution in [0.4, 0.5) is 0 Å². The molecule has 0 aromatic heterocycles. The van der Waals surface area contributed by atoms with E-state index in [9.17, 15) is 0 Å². The van der Waals surface area contributed by atoms with E-state index in [4.69, 9.17) is 9.47 Å². The fourth-order valence-electron chi connectivity index (χ4n) is 3.57. The molecule has 1 saturated heterocycles. The van der Waals surface area contributed by atoms with Gasteiger partial charge in [0.2, 0.25) is 0 Å². The zero-order valence-electron chi connectivity index (χ0n) is 9.77. The third kappa shape index (κ3) is 1.46. The Bertz CT molecular complexity index is 308. The third-order valence-electron chi connectivity index (χ3n) is 3.95. The van der Waals surface area contributed by atoms with Gasteiger partial charge in [0.1, 0.15) is 0 Å². The third-order valence-corrected chi connectivity index (χ3v) is 3.95. The predicted octanol–water partition coefficient (Wildman–Crippen LogP) is 3.03. The summed E-state index contributed by atoms with van der Waals surface area (Å²) in [6.07, 6.45) is 6.06. The Kier molecular flexibility index (Phi) is 2.02. The largest absolute Gasteiger partial charge is 0.344 e. The predicted molar refractivity (Wildman–Crippen MR) is 58.5 cm³/mol. The molecule has 2 heteroatoms. The Morgan fingerprint density at radius 3 is 2.53 bits per heavy atom. The van der Waals surface area contributed by atoms with Gasteiger partial charge in [0.25, 0.3) is 0 Å². The van der Waals surface area contributed by atoms with Crippen molar-refractivity contribution < 1.29 is 9.47 Å². The van der Waals surface area contributed by atoms with Gasteiger partial charge in [0.15, 0.2) is 5.79 Å². The van der Waals surface area contributed by atoms with Crippen LogP contribution in [0.5, 0.6) is 0 Å². The Labute approximate surface area is 91.6 Å². The molecule has 0 atom stereocenters. The molecule has 1 aliphatic heterocycles. The van der Waals surface area contributed by atoms with E-state index in [0.29, 0.717) is 5.41 Å². The molecule has 0 bridgehead atoms. The van der Waals surface area contributed by atoms with Gasteiger partial charge >= 0.3 is 0 Å². The molecule has 0 saturated carbocycles. The maximum atomic E-state index is 5.95. The van der Waals surface area contributed by atoms with Crippen molar-refractivity contribution >= 4 is 0 Å². The molecule has 3 rings (SSSR count). The molecule has 0 N–H and O–H groups in total. The highest BCUT2D eigenvalue weighted by molar-refractivity contribution is 5.31. The first-order valence-electron chi connectivity index (χ1n) is 6.11. The van der Waals surface area contributed by atoms with Gasteiger partial charge in [-0.3, -0.25) is 0 Å². The van der Waals surface area contributed by atoms with E-state index in [-0.39, 0.29) is 5.79 Å². The Morgan fingerprint density at radius 1 is 1.07 bits per heavy atom. The number of rotatable bonds is 0. The number of ether oxygens (including phenoxy) is 2. The van der Waals surface area contributed by atoms with Crippen LogP contribution >= 0.6 is 0 Å². The zero-order valence-corrected chi connectivity index (χ0v) is 9.77. The minimum atomic E-state index is -0.312. The second-order valence-corrected chi connectivity index (χ2v) is 5.90. The van der Waals surface area contributed by atoms with E-state index in [1.54, 1.807) is 5.57 Å². The summed E-state index contributed by atoms with van der Waals surface area (Å²) < 4.78 is 11.9. The lowest BCUT2D eigenvalue weighted by molar-refractivity contribution is -0.155. The van der Waals surface area contributed by atoms with Crippen LogP contribution in [0.2, 0.25) is 0 Å². The summed E-state index contributed by atoms with van der Waals surface area (Å²) in [7, 11) is 0. The van der Waals surface area contributed by atoms with Gasteiger partial charge in [0.05, 0.1) is 13.2 Å². The van der Waals surface area contributed by atoms with Crippen molar-refractivity contribution in [2.75, 3.05) is 13.2 Å². The first-order valence-corrected chi connectivity index (χ1v) is 6.11. The van der Waals surface area contributed by atoms with E-state index in [0.717, 1.165) is 19.6 Å². The number of allylic oxidation sites excluding steroid dienone is 1. The van der Waals surface area contributed by atoms with Crippen LogP contribution in [0.1, 0.15) is 46.0 Å². The van der Waals surface area contributed by atoms with Crippen LogP contribution < -0.4 is 0 Å². The van der Waals surface area contributed by atoms with Crippen LogP contribution in [0, 0.1) is 5.41 Å². The minimum Gasteiger partial charge on any atom is -0.344 e. The van der Waals surface area contributed by atoms with Crippen molar-refractivity contribution in [3.63, 3.8) is 0 Å². The summed E-state index contributed by atoms with van der Waals surface area (Å²) in [5, 5.41) is 0. The summed E-state index contributed by atoms with van der Waals surface area (Å²) in [4.78, 5) is 0. The van der Waals surface area contributed by atoms with Gasteiger partial charge in [-0.15, -0.1) is 0 Å². The first kappa shape index (κ1) is 9.86. The molecule has 1 heterocycles. The summed E-state index contributed by atoms with van der Waals surface area (Å²) >= 11 is 0. The van der Waals surface area contributed by atoms with Crippen LogP contribution in [-0.2, 0) is 9.47 Å². The number of fused-ring (bicyclic) bond motifs is 1. The Balaban J connectivity index is 2.02. The van der Waals surface area contributed by atoms with Crippen LogP contribution in [0.15, 0.2) is 11.1 Å². The van der Waals surface area contributed by atoms with Gasteiger partial charge in [-0.05, 0) is 36.7 Å². The fourth-order valence-corrected chi connectivity index (χ4v) is 3.57. The van der Waals surface area contributed by atoms with Crippen molar-refractivity contribution in [3.8, 4) is 0 Å². The lowest BCUT2D eigenvalue weighted by atomic mass is 9.72. The van der Waals surface area contributed by atoms with E-state index in [1.165, 1.54) is 31.3 Å². The van der Waals surface area contributed by atoms with Crippen molar-refractivity contribution in [1.29, 1.82) is 0 Å². The Morgan fingerprint density at radius 2 is 1.80 bits per heavy atom. The van der Waals surface area contributed by atoms with Crippen molar-refractivity contribution in [1.82, 2.24) is 0 Å². The molecule has 2 aliphatic carbocycles. The summed E-state index contributed by atoms with van der Waals surface area (Å²) in [6.45, 7) is 6.21. The first-order chi connectivity index (χ1) is 7.11. The van der Waals surface area contributed by atoms with E-state index in [2.05, 4.69) is 13.8 Å². The summed E-state index contributed by atoms with van der Waals surface area (Å²) in [5.74, 6) is -0.312. The van der Waals surface area contributed by atoms with Gasteiger partial charge in [-0.25, -0.2) is 0 Å². The molecule has 0 radical (unpaired) electrons. The van der Waals surface area contributed by atoms with Gasteiger partial charge in [0, 0.05) is 6.42 Å². The molecule has 0 unspecified atom stereocenters. The lowest BCUT2D eigenvalue weighted by Crippen LogP contribution is -2.41. The highest BCUT2D eigenvalue weighted by Crippen LogP contribution is 2.53. The maximum Gasteiger partial charge on any atom is 0.191 e. The van der Waals surface area contributed by atoms with Crippen LogP contribution in [-0.4, -0.2) is 19.0 Å². The van der Waals surface area contributed by atoms with E-state index in [1.807, 2.05) is 0 Å². The molecule has 0 aromatic rings. The average Bonchev–Trinajstić information content (AvgIpc) is 2.72. The molecule has 84 valence electrons. The molecule has 3 aliphatic rings. The molecular weight excluding hydrogens is 188 g/mol. The van der Waals surface area contributed by atoms with Gasteiger partial charge in [-0.2, -0.15) is 0 Å². The SMILES string of the molecule is CC1(C)CC2=C(CCC2)C2(C1)OCCO2. The second-order valence-electron chi connectivity index (χ2n) is 5.90. The summed E-state index contributed by atoms with van der Waals surface area (Å²) in [5.41, 5.74) is 3.47. The van der Waals surface area contributed by atoms with Crippen LogP contribution in [0.25, 0.3) is 0 Å². The maximum absolute atomic E-state index is 5.95. The quantitative estimate of drug-likeness (QED) is 0.570. The molecule has 1 spiro atoms. The molecule has 0 aromatic carbocycles. The molecule has 1 fully saturated rings. The van der Waals surface area contributed by atoms with Crippen molar-refractivity contribution in [3.05, 3.63) is 11.1 Å². The summed E-state index contributed by atoms with van der Waals surface area (Å²) in [6, 6.07) is 0. The van der Waals surface area contributed by atoms with Crippen molar-refractivity contribution in [2.24, 2.45) is 5.41 Å². The highest BCUT2D eigenvalue weighted by Gasteiger charge is 2.50. The van der Waals surface area contributed by atoms with Crippen LogP contribution in [0.3, 0.4) is 0 Å². The van der Waals surface area contributed by atoms with E-state index < -0.39 is 0 Å². The molecule has 2 nitrogen and oxygen atoms in total. The van der Waals surface area contributed by atoms with Gasteiger partial charge < -0.3 is 9.47 Å². The smallest absolute Gasteiger partial charge is 0.191 e. The minimum absolute atomic E-state index is 0.312. The van der Waals surface area contributed by atoms with Crippen molar-refractivity contribution in [2.45, 2.75) is 51.7 Å². The van der Waals surface area contributed by atoms with Gasteiger partial charge in [-0.1, -0.05) is 19.4 Å². The zero-order chi connectivity index (χ0) is 10.5. The molecular formula is C13H20O2.